The molecule has 0 saturated carbocycles. The molecule has 3 rings (SSSR count). The normalized spacial score (nSPS) is 11.6. The predicted octanol–water partition coefficient (Wildman–Crippen LogP) is 5.24. The highest BCUT2D eigenvalue weighted by Crippen LogP contribution is 2.27. The van der Waals surface area contributed by atoms with Crippen LogP contribution in [0.4, 0.5) is 5.13 Å². The highest BCUT2D eigenvalue weighted by atomic mass is 35.5. The van der Waals surface area contributed by atoms with Crippen LogP contribution in [-0.4, -0.2) is 23.9 Å². The van der Waals surface area contributed by atoms with Crippen molar-refractivity contribution >= 4 is 39.9 Å². The van der Waals surface area contributed by atoms with E-state index >= 15 is 0 Å². The molecule has 6 nitrogen and oxygen atoms in total. The minimum atomic E-state index is -0.104. The average Bonchev–Trinajstić information content (AvgIpc) is 3.20. The fraction of sp³-hybridized carbons (Fsp3) is 0.261. The van der Waals surface area contributed by atoms with Gasteiger partial charge in [-0.25, -0.2) is 4.98 Å². The van der Waals surface area contributed by atoms with Gasteiger partial charge in [-0.3, -0.25) is 9.59 Å². The topological polar surface area (TPSA) is 80.3 Å². The second-order valence-corrected chi connectivity index (χ2v) is 8.36. The third kappa shape index (κ3) is 6.29. The Hall–Kier alpha value is -2.90. The zero-order valence-corrected chi connectivity index (χ0v) is 19.1. The standard InChI is InChI=1S/C23H24ClN3O3S/c1-14(25-15(2)28)17-6-8-18(9-7-17)20-13-31-23(26-20)27-22(29)11-5-16-4-10-21(30-3)19(24)12-16/h4,6-10,12-14H,5,11H2,1-3H3,(H,25,28)(H,26,27,29). The minimum Gasteiger partial charge on any atom is -0.495 e. The van der Waals surface area contributed by atoms with E-state index in [0.717, 1.165) is 22.4 Å². The third-order valence-corrected chi connectivity index (χ3v) is 5.79. The summed E-state index contributed by atoms with van der Waals surface area (Å²) in [5.41, 5.74) is 3.72. The van der Waals surface area contributed by atoms with Crippen LogP contribution < -0.4 is 15.4 Å². The first-order valence-corrected chi connectivity index (χ1v) is 11.1. The Morgan fingerprint density at radius 3 is 2.58 bits per heavy atom. The summed E-state index contributed by atoms with van der Waals surface area (Å²) in [5, 5.41) is 8.71. The van der Waals surface area contributed by atoms with E-state index in [1.165, 1.54) is 18.3 Å². The zero-order valence-electron chi connectivity index (χ0n) is 17.6. The van der Waals surface area contributed by atoms with E-state index in [-0.39, 0.29) is 17.9 Å². The third-order valence-electron chi connectivity index (χ3n) is 4.73. The maximum absolute atomic E-state index is 12.3. The molecule has 0 bridgehead atoms. The van der Waals surface area contributed by atoms with Crippen molar-refractivity contribution < 1.29 is 14.3 Å². The van der Waals surface area contributed by atoms with Crippen LogP contribution in [0.25, 0.3) is 11.3 Å². The fourth-order valence-corrected chi connectivity index (χ4v) is 4.12. The number of halogens is 1. The minimum absolute atomic E-state index is 0.0579. The summed E-state index contributed by atoms with van der Waals surface area (Å²) in [6.45, 7) is 3.44. The Labute approximate surface area is 190 Å². The van der Waals surface area contributed by atoms with Gasteiger partial charge in [0.2, 0.25) is 11.8 Å². The van der Waals surface area contributed by atoms with Crippen molar-refractivity contribution in [1.29, 1.82) is 0 Å². The molecule has 0 saturated heterocycles. The number of amides is 2. The number of methoxy groups -OCH3 is 1. The van der Waals surface area contributed by atoms with Gasteiger partial charge in [0.25, 0.3) is 0 Å². The van der Waals surface area contributed by atoms with E-state index in [4.69, 9.17) is 16.3 Å². The Bertz CT molecular complexity index is 1070. The van der Waals surface area contributed by atoms with Crippen LogP contribution in [0.2, 0.25) is 5.02 Å². The lowest BCUT2D eigenvalue weighted by atomic mass is 10.1. The number of rotatable bonds is 8. The Morgan fingerprint density at radius 1 is 1.19 bits per heavy atom. The van der Waals surface area contributed by atoms with Gasteiger partial charge < -0.3 is 15.4 Å². The molecular formula is C23H24ClN3O3S. The Balaban J connectivity index is 1.56. The molecule has 0 aliphatic carbocycles. The number of nitrogens with one attached hydrogen (secondary N) is 2. The van der Waals surface area contributed by atoms with Gasteiger partial charge in [0.05, 0.1) is 23.9 Å². The molecule has 8 heteroatoms. The first-order valence-electron chi connectivity index (χ1n) is 9.81. The summed E-state index contributed by atoms with van der Waals surface area (Å²) >= 11 is 7.52. The lowest BCUT2D eigenvalue weighted by Gasteiger charge is -2.13. The number of nitrogens with zero attached hydrogens (tertiary/aromatic N) is 1. The summed E-state index contributed by atoms with van der Waals surface area (Å²) < 4.78 is 5.14. The molecule has 2 N–H and O–H groups in total. The molecule has 1 aromatic heterocycles. The summed E-state index contributed by atoms with van der Waals surface area (Å²) in [6.07, 6.45) is 0.898. The van der Waals surface area contributed by atoms with Crippen LogP contribution in [0.3, 0.4) is 0 Å². The molecule has 3 aromatic rings. The molecule has 2 amide bonds. The molecule has 1 heterocycles. The van der Waals surface area contributed by atoms with Crippen molar-refractivity contribution in [3.63, 3.8) is 0 Å². The second kappa shape index (κ2) is 10.4. The van der Waals surface area contributed by atoms with Gasteiger partial charge in [-0.05, 0) is 36.6 Å². The van der Waals surface area contributed by atoms with Crippen molar-refractivity contribution in [2.45, 2.75) is 32.7 Å². The molecule has 0 aliphatic heterocycles. The van der Waals surface area contributed by atoms with Crippen LogP contribution in [-0.2, 0) is 16.0 Å². The van der Waals surface area contributed by atoms with Gasteiger partial charge in [0.15, 0.2) is 5.13 Å². The van der Waals surface area contributed by atoms with Crippen LogP contribution in [0.1, 0.15) is 37.4 Å². The molecule has 0 radical (unpaired) electrons. The maximum atomic E-state index is 12.3. The van der Waals surface area contributed by atoms with E-state index in [0.29, 0.717) is 28.7 Å². The van der Waals surface area contributed by atoms with Gasteiger partial charge in [-0.1, -0.05) is 41.9 Å². The number of anilines is 1. The van der Waals surface area contributed by atoms with Crippen LogP contribution in [0, 0.1) is 0 Å². The lowest BCUT2D eigenvalue weighted by Crippen LogP contribution is -2.23. The molecule has 0 aliphatic rings. The average molecular weight is 458 g/mol. The molecule has 1 unspecified atom stereocenters. The first-order chi connectivity index (χ1) is 14.9. The quantitative estimate of drug-likeness (QED) is 0.484. The van der Waals surface area contributed by atoms with E-state index in [1.54, 1.807) is 13.2 Å². The van der Waals surface area contributed by atoms with Crippen molar-refractivity contribution in [3.8, 4) is 17.0 Å². The van der Waals surface area contributed by atoms with Gasteiger partial charge in [-0.15, -0.1) is 11.3 Å². The number of benzene rings is 2. The van der Waals surface area contributed by atoms with Crippen LogP contribution in [0.15, 0.2) is 47.8 Å². The van der Waals surface area contributed by atoms with Crippen molar-refractivity contribution in [2.24, 2.45) is 0 Å². The number of carbonyl (C=O) groups is 2. The van der Waals surface area contributed by atoms with Crippen molar-refractivity contribution in [1.82, 2.24) is 10.3 Å². The van der Waals surface area contributed by atoms with Crippen molar-refractivity contribution in [3.05, 3.63) is 64.0 Å². The Morgan fingerprint density at radius 2 is 1.94 bits per heavy atom. The van der Waals surface area contributed by atoms with E-state index in [1.807, 2.05) is 48.7 Å². The summed E-state index contributed by atoms with van der Waals surface area (Å²) in [4.78, 5) is 28.0. The molecular weight excluding hydrogens is 434 g/mol. The zero-order chi connectivity index (χ0) is 22.4. The highest BCUT2D eigenvalue weighted by Gasteiger charge is 2.11. The lowest BCUT2D eigenvalue weighted by molar-refractivity contribution is -0.119. The van der Waals surface area contributed by atoms with Crippen molar-refractivity contribution in [2.75, 3.05) is 12.4 Å². The first kappa shape index (κ1) is 22.8. The number of hydrogen-bond donors (Lipinski definition) is 2. The van der Waals surface area contributed by atoms with Gasteiger partial charge >= 0.3 is 0 Å². The summed E-state index contributed by atoms with van der Waals surface area (Å²) in [6, 6.07) is 13.3. The smallest absolute Gasteiger partial charge is 0.226 e. The van der Waals surface area contributed by atoms with Crippen LogP contribution in [0.5, 0.6) is 5.75 Å². The number of aryl methyl sites for hydroxylation is 1. The van der Waals surface area contributed by atoms with Gasteiger partial charge in [0.1, 0.15) is 5.75 Å². The van der Waals surface area contributed by atoms with E-state index in [9.17, 15) is 9.59 Å². The second-order valence-electron chi connectivity index (χ2n) is 7.10. The Kier molecular flexibility index (Phi) is 7.65. The van der Waals surface area contributed by atoms with Gasteiger partial charge in [-0.2, -0.15) is 0 Å². The van der Waals surface area contributed by atoms with Gasteiger partial charge in [0, 0.05) is 24.3 Å². The number of ether oxygens (including phenoxy) is 1. The molecule has 0 spiro atoms. The fourth-order valence-electron chi connectivity index (χ4n) is 3.10. The number of thiazole rings is 1. The molecule has 31 heavy (non-hydrogen) atoms. The van der Waals surface area contributed by atoms with Crippen LogP contribution >= 0.6 is 22.9 Å². The molecule has 162 valence electrons. The number of aromatic nitrogens is 1. The highest BCUT2D eigenvalue weighted by molar-refractivity contribution is 7.14. The van der Waals surface area contributed by atoms with E-state index in [2.05, 4.69) is 15.6 Å². The molecule has 0 fully saturated rings. The summed E-state index contributed by atoms with van der Waals surface area (Å²) in [5.74, 6) is 0.446. The SMILES string of the molecule is COc1ccc(CCC(=O)Nc2nc(-c3ccc(C(C)NC(C)=O)cc3)cs2)cc1Cl. The molecule has 1 atom stereocenters. The number of carbonyl (C=O) groups excluding carboxylic acids is 2. The monoisotopic (exact) mass is 457 g/mol. The predicted molar refractivity (Wildman–Crippen MR) is 125 cm³/mol. The largest absolute Gasteiger partial charge is 0.495 e. The molecule has 2 aromatic carbocycles. The maximum Gasteiger partial charge on any atom is 0.226 e. The number of hydrogen-bond acceptors (Lipinski definition) is 5. The summed E-state index contributed by atoms with van der Waals surface area (Å²) in [7, 11) is 1.57. The van der Waals surface area contributed by atoms with E-state index < -0.39 is 0 Å².